The molecule has 6 aliphatic carbocycles. The summed E-state index contributed by atoms with van der Waals surface area (Å²) in [6.07, 6.45) is 10.5. The van der Waals surface area contributed by atoms with Crippen molar-refractivity contribution in [2.75, 3.05) is 4.90 Å². The van der Waals surface area contributed by atoms with E-state index in [0.717, 1.165) is 35.2 Å². The molecule has 0 radical (unpaired) electrons. The monoisotopic (exact) mass is 763 g/mol. The van der Waals surface area contributed by atoms with Gasteiger partial charge in [0.25, 0.3) is 0 Å². The van der Waals surface area contributed by atoms with Gasteiger partial charge in [0.05, 0.1) is 11.4 Å². The Kier molecular flexibility index (Phi) is 6.93. The summed E-state index contributed by atoms with van der Waals surface area (Å²) < 4.78 is 6.79. The van der Waals surface area contributed by atoms with Crippen molar-refractivity contribution in [1.82, 2.24) is 0 Å². The van der Waals surface area contributed by atoms with Crippen LogP contribution in [0.25, 0.3) is 11.1 Å². The first-order chi connectivity index (χ1) is 27.7. The standard InChI is InChI=1S/C56H61NO/c1-51(2)25-27-53(5,6)49-40(51)14-11-16-43(49)57(44-17-12-15-41-50(44)54(7,8)28-26-52(41,3)4)38-22-19-35(20-23-38)36-21-24-46-42(31-36)56(39-13-9-10-18-45(39)58-46)47-30-34-29-37-32-48(56)55(37,47)33-34/h9-24,31,34,37,47-48H,25-30,32-33H2,1-8H3. The van der Waals surface area contributed by atoms with Crippen molar-refractivity contribution in [2.24, 2.45) is 29.1 Å². The molecule has 0 N–H and O–H groups in total. The van der Waals surface area contributed by atoms with Gasteiger partial charge in [-0.3, -0.25) is 0 Å². The molecule has 0 saturated heterocycles. The lowest BCUT2D eigenvalue weighted by atomic mass is 9.26. The topological polar surface area (TPSA) is 12.5 Å². The molecule has 1 aliphatic heterocycles. The lowest BCUT2D eigenvalue weighted by Gasteiger charge is -2.77. The minimum absolute atomic E-state index is 0.0580. The van der Waals surface area contributed by atoms with Crippen LogP contribution < -0.4 is 9.64 Å². The van der Waals surface area contributed by atoms with Crippen LogP contribution in [0.1, 0.15) is 140 Å². The molecular formula is C56H61NO. The van der Waals surface area contributed by atoms with E-state index in [-0.39, 0.29) is 27.1 Å². The zero-order chi connectivity index (χ0) is 39.8. The van der Waals surface area contributed by atoms with E-state index in [1.165, 1.54) is 113 Å². The zero-order valence-electron chi connectivity index (χ0n) is 36.1. The van der Waals surface area contributed by atoms with Gasteiger partial charge in [-0.15, -0.1) is 0 Å². The fraction of sp³-hybridized carbons (Fsp3) is 0.464. The van der Waals surface area contributed by atoms with Crippen molar-refractivity contribution in [2.45, 2.75) is 134 Å². The molecule has 2 heteroatoms. The molecule has 6 unspecified atom stereocenters. The molecule has 12 rings (SSSR count). The van der Waals surface area contributed by atoms with Gasteiger partial charge >= 0.3 is 0 Å². The van der Waals surface area contributed by atoms with Gasteiger partial charge in [-0.2, -0.15) is 0 Å². The summed E-state index contributed by atoms with van der Waals surface area (Å²) >= 11 is 0. The lowest BCUT2D eigenvalue weighted by molar-refractivity contribution is -0.235. The Hall–Kier alpha value is -4.30. The predicted octanol–water partition coefficient (Wildman–Crippen LogP) is 15.0. The average Bonchev–Trinajstić information content (AvgIpc) is 3.74. The van der Waals surface area contributed by atoms with Crippen molar-refractivity contribution >= 4 is 17.1 Å². The molecule has 0 amide bonds. The van der Waals surface area contributed by atoms with Gasteiger partial charge in [0.15, 0.2) is 0 Å². The Balaban J connectivity index is 1.01. The highest BCUT2D eigenvalue weighted by molar-refractivity contribution is 5.85. The second kappa shape index (κ2) is 11.3. The Labute approximate surface area is 347 Å². The summed E-state index contributed by atoms with van der Waals surface area (Å²) in [6, 6.07) is 40.2. The first-order valence-electron chi connectivity index (χ1n) is 22.8. The minimum atomic E-state index is 0.0580. The number of ether oxygens (including phenoxy) is 1. The summed E-state index contributed by atoms with van der Waals surface area (Å²) in [7, 11) is 0. The fourth-order valence-electron chi connectivity index (χ4n) is 15.2. The molecule has 4 saturated carbocycles. The van der Waals surface area contributed by atoms with Gasteiger partial charge in [0.1, 0.15) is 11.5 Å². The van der Waals surface area contributed by atoms with Gasteiger partial charge in [0, 0.05) is 22.2 Å². The first kappa shape index (κ1) is 35.6. The Morgan fingerprint density at radius 2 is 1.05 bits per heavy atom. The number of anilines is 3. The minimum Gasteiger partial charge on any atom is -0.457 e. The van der Waals surface area contributed by atoms with Crippen LogP contribution in [0.3, 0.4) is 0 Å². The summed E-state index contributed by atoms with van der Waals surface area (Å²) in [5.74, 6) is 5.56. The van der Waals surface area contributed by atoms with Crippen LogP contribution in [0.4, 0.5) is 17.1 Å². The van der Waals surface area contributed by atoms with Gasteiger partial charge in [-0.25, -0.2) is 0 Å². The maximum atomic E-state index is 6.79. The highest BCUT2D eigenvalue weighted by atomic mass is 16.5. The van der Waals surface area contributed by atoms with E-state index in [0.29, 0.717) is 5.41 Å². The molecule has 7 aliphatic rings. The van der Waals surface area contributed by atoms with E-state index in [2.05, 4.69) is 163 Å². The highest BCUT2D eigenvalue weighted by Gasteiger charge is 2.84. The number of nitrogens with zero attached hydrogens (tertiary/aromatic N) is 1. The molecule has 296 valence electrons. The van der Waals surface area contributed by atoms with Gasteiger partial charge in [0.2, 0.25) is 0 Å². The number of rotatable bonds is 4. The highest BCUT2D eigenvalue weighted by Crippen LogP contribution is 2.89. The molecule has 2 spiro atoms. The van der Waals surface area contributed by atoms with E-state index in [1.54, 1.807) is 0 Å². The van der Waals surface area contributed by atoms with E-state index in [4.69, 9.17) is 4.74 Å². The number of benzene rings is 5. The summed E-state index contributed by atoms with van der Waals surface area (Å²) in [5, 5.41) is 0. The van der Waals surface area contributed by atoms with Gasteiger partial charge in [-0.1, -0.05) is 116 Å². The fourth-order valence-corrected chi connectivity index (χ4v) is 15.2. The molecule has 4 fully saturated rings. The molecule has 6 atom stereocenters. The van der Waals surface area contributed by atoms with Crippen LogP contribution in [0.15, 0.2) is 103 Å². The maximum absolute atomic E-state index is 6.79. The molecule has 0 aromatic heterocycles. The number of para-hydroxylation sites is 1. The summed E-state index contributed by atoms with van der Waals surface area (Å²) in [4.78, 5) is 2.66. The quantitative estimate of drug-likeness (QED) is 0.181. The Morgan fingerprint density at radius 3 is 1.69 bits per heavy atom. The van der Waals surface area contributed by atoms with Crippen molar-refractivity contribution in [3.8, 4) is 22.6 Å². The van der Waals surface area contributed by atoms with Crippen LogP contribution in [0.5, 0.6) is 11.5 Å². The van der Waals surface area contributed by atoms with Crippen LogP contribution >= 0.6 is 0 Å². The van der Waals surface area contributed by atoms with E-state index in [1.807, 2.05) is 0 Å². The van der Waals surface area contributed by atoms with Crippen LogP contribution in [0, 0.1) is 29.1 Å². The van der Waals surface area contributed by atoms with Crippen molar-refractivity contribution in [3.05, 3.63) is 137 Å². The largest absolute Gasteiger partial charge is 0.457 e. The second-order valence-corrected chi connectivity index (χ2v) is 22.7. The van der Waals surface area contributed by atoms with Gasteiger partial charge in [-0.05, 0) is 178 Å². The summed E-state index contributed by atoms with van der Waals surface area (Å²) in [5.41, 5.74) is 16.5. The normalized spacial score (nSPS) is 31.4. The van der Waals surface area contributed by atoms with Crippen LogP contribution in [-0.4, -0.2) is 0 Å². The zero-order valence-corrected chi connectivity index (χ0v) is 36.1. The van der Waals surface area contributed by atoms with Gasteiger partial charge < -0.3 is 9.64 Å². The van der Waals surface area contributed by atoms with Crippen LogP contribution in [-0.2, 0) is 27.1 Å². The molecule has 2 nitrogen and oxygen atoms in total. The number of fused-ring (bicyclic) bond motifs is 9. The molecular weight excluding hydrogens is 703 g/mol. The predicted molar refractivity (Wildman–Crippen MR) is 239 cm³/mol. The summed E-state index contributed by atoms with van der Waals surface area (Å²) in [6.45, 7) is 19.7. The second-order valence-electron chi connectivity index (χ2n) is 22.7. The average molecular weight is 764 g/mol. The van der Waals surface area contributed by atoms with E-state index < -0.39 is 0 Å². The maximum Gasteiger partial charge on any atom is 0.131 e. The molecule has 58 heavy (non-hydrogen) atoms. The van der Waals surface area contributed by atoms with Crippen molar-refractivity contribution in [1.29, 1.82) is 0 Å². The SMILES string of the molecule is CC1(C)CCC(C)(C)c2c(N(c3ccc(-c4ccc5c(c4)C4(c6ccccc6O5)C5CC6CC7CC4C75C6)cc3)c3cccc4c3C(C)(C)CCC4(C)C)cccc21. The molecule has 5 aromatic rings. The van der Waals surface area contributed by atoms with E-state index in [9.17, 15) is 0 Å². The molecule has 1 heterocycles. The lowest BCUT2D eigenvalue weighted by Crippen LogP contribution is -2.74. The third kappa shape index (κ3) is 4.35. The number of hydrogen-bond acceptors (Lipinski definition) is 2. The Bertz CT molecular complexity index is 2470. The van der Waals surface area contributed by atoms with Crippen LogP contribution in [0.2, 0.25) is 0 Å². The molecule has 2 bridgehead atoms. The van der Waals surface area contributed by atoms with Crippen molar-refractivity contribution in [3.63, 3.8) is 0 Å². The van der Waals surface area contributed by atoms with Crippen molar-refractivity contribution < 1.29 is 4.74 Å². The Morgan fingerprint density at radius 1 is 0.500 bits per heavy atom. The first-order valence-corrected chi connectivity index (χ1v) is 22.8. The molecule has 5 aromatic carbocycles. The number of hydrogen-bond donors (Lipinski definition) is 0. The third-order valence-corrected chi connectivity index (χ3v) is 18.1. The van der Waals surface area contributed by atoms with E-state index >= 15 is 0 Å². The third-order valence-electron chi connectivity index (χ3n) is 18.1. The smallest absolute Gasteiger partial charge is 0.131 e.